The number of ether oxygens (including phenoxy) is 1. The standard InChI is InChI=1S/C28H28F2N2O3S/c1-36(33,34)32-10-6-19(7-11-32)8-12-35-25-4-5-26-21(15-25)16-27(20-3-2-9-31-18-20)28(26)22-13-23(29)17-24(30)14-22/h2-5,9,13-15,17-19H,6-8,10-12,16H2,1H3. The number of fused-ring (bicyclic) bond motifs is 1. The van der Waals surface area contributed by atoms with Crippen LogP contribution in [0.2, 0.25) is 0 Å². The van der Waals surface area contributed by atoms with Gasteiger partial charge in [0, 0.05) is 31.5 Å². The first-order valence-electron chi connectivity index (χ1n) is 12.1. The summed E-state index contributed by atoms with van der Waals surface area (Å²) in [5, 5.41) is 0. The molecule has 3 aromatic rings. The van der Waals surface area contributed by atoms with E-state index >= 15 is 0 Å². The van der Waals surface area contributed by atoms with Crippen LogP contribution in [0.25, 0.3) is 11.1 Å². The molecule has 1 aliphatic carbocycles. The van der Waals surface area contributed by atoms with Crippen molar-refractivity contribution in [3.8, 4) is 5.75 Å². The maximum atomic E-state index is 14.1. The van der Waals surface area contributed by atoms with Gasteiger partial charge < -0.3 is 4.74 Å². The molecular weight excluding hydrogens is 482 g/mol. The summed E-state index contributed by atoms with van der Waals surface area (Å²) >= 11 is 0. The summed E-state index contributed by atoms with van der Waals surface area (Å²) in [6, 6.07) is 13.3. The molecule has 0 spiro atoms. The van der Waals surface area contributed by atoms with Crippen molar-refractivity contribution < 1.29 is 21.9 Å². The van der Waals surface area contributed by atoms with Gasteiger partial charge in [0.05, 0.1) is 12.9 Å². The van der Waals surface area contributed by atoms with Gasteiger partial charge in [-0.3, -0.25) is 4.98 Å². The maximum Gasteiger partial charge on any atom is 0.211 e. The summed E-state index contributed by atoms with van der Waals surface area (Å²) in [5.41, 5.74) is 5.15. The van der Waals surface area contributed by atoms with Crippen LogP contribution in [0.5, 0.6) is 5.75 Å². The Hall–Kier alpha value is -3.10. The molecule has 1 saturated heterocycles. The average molecular weight is 511 g/mol. The molecule has 0 unspecified atom stereocenters. The van der Waals surface area contributed by atoms with E-state index in [1.807, 2.05) is 30.3 Å². The Morgan fingerprint density at radius 2 is 1.78 bits per heavy atom. The zero-order valence-electron chi connectivity index (χ0n) is 20.1. The summed E-state index contributed by atoms with van der Waals surface area (Å²) in [6.45, 7) is 1.68. The maximum absolute atomic E-state index is 14.1. The van der Waals surface area contributed by atoms with Crippen molar-refractivity contribution in [3.05, 3.63) is 94.8 Å². The third-order valence-corrected chi connectivity index (χ3v) is 8.32. The molecule has 0 saturated carbocycles. The van der Waals surface area contributed by atoms with Crippen LogP contribution < -0.4 is 4.74 Å². The van der Waals surface area contributed by atoms with Crippen molar-refractivity contribution >= 4 is 21.2 Å². The Labute approximate surface area is 210 Å². The van der Waals surface area contributed by atoms with E-state index in [9.17, 15) is 17.2 Å². The monoisotopic (exact) mass is 510 g/mol. The molecule has 2 aromatic carbocycles. The lowest BCUT2D eigenvalue weighted by atomic mass is 9.95. The molecule has 2 aliphatic rings. The first kappa shape index (κ1) is 24.6. The Kier molecular flexibility index (Phi) is 6.90. The fourth-order valence-corrected chi connectivity index (χ4v) is 6.05. The highest BCUT2D eigenvalue weighted by molar-refractivity contribution is 7.88. The Morgan fingerprint density at radius 3 is 2.44 bits per heavy atom. The number of sulfonamides is 1. The predicted octanol–water partition coefficient (Wildman–Crippen LogP) is 5.32. The van der Waals surface area contributed by atoms with Gasteiger partial charge in [-0.2, -0.15) is 0 Å². The van der Waals surface area contributed by atoms with E-state index in [-0.39, 0.29) is 0 Å². The highest BCUT2D eigenvalue weighted by atomic mass is 32.2. The average Bonchev–Trinajstić information content (AvgIpc) is 3.23. The number of hydrogen-bond donors (Lipinski definition) is 0. The second-order valence-corrected chi connectivity index (χ2v) is 11.5. The molecule has 1 aliphatic heterocycles. The van der Waals surface area contributed by atoms with Crippen molar-refractivity contribution in [1.29, 1.82) is 0 Å². The normalized spacial score (nSPS) is 16.9. The molecule has 2 heterocycles. The summed E-state index contributed by atoms with van der Waals surface area (Å²) in [7, 11) is -3.12. The van der Waals surface area contributed by atoms with Gasteiger partial charge in [-0.1, -0.05) is 12.1 Å². The number of allylic oxidation sites excluding steroid dienone is 1. The van der Waals surface area contributed by atoms with Crippen LogP contribution in [0, 0.1) is 17.6 Å². The Balaban J connectivity index is 1.32. The lowest BCUT2D eigenvalue weighted by Gasteiger charge is -2.30. The fourth-order valence-electron chi connectivity index (χ4n) is 5.18. The van der Waals surface area contributed by atoms with E-state index in [1.165, 1.54) is 18.4 Å². The minimum Gasteiger partial charge on any atom is -0.494 e. The summed E-state index contributed by atoms with van der Waals surface area (Å²) < 4.78 is 59.2. The van der Waals surface area contributed by atoms with Gasteiger partial charge in [0.2, 0.25) is 10.0 Å². The lowest BCUT2D eigenvalue weighted by molar-refractivity contribution is 0.219. The summed E-state index contributed by atoms with van der Waals surface area (Å²) in [6.07, 6.45) is 7.87. The number of nitrogens with zero attached hydrogens (tertiary/aromatic N) is 2. The molecule has 0 amide bonds. The first-order chi connectivity index (χ1) is 17.3. The first-order valence-corrected chi connectivity index (χ1v) is 13.9. The van der Waals surface area contributed by atoms with Crippen LogP contribution in [0.15, 0.2) is 60.9 Å². The summed E-state index contributed by atoms with van der Waals surface area (Å²) in [4.78, 5) is 4.23. The molecule has 0 bridgehead atoms. The van der Waals surface area contributed by atoms with Crippen LogP contribution >= 0.6 is 0 Å². The molecule has 36 heavy (non-hydrogen) atoms. The zero-order chi connectivity index (χ0) is 25.3. The highest BCUT2D eigenvalue weighted by Gasteiger charge is 2.26. The number of hydrogen-bond acceptors (Lipinski definition) is 4. The Bertz CT molecular complexity index is 1380. The third kappa shape index (κ3) is 5.34. The van der Waals surface area contributed by atoms with Crippen molar-refractivity contribution in [2.45, 2.75) is 25.7 Å². The quantitative estimate of drug-likeness (QED) is 0.432. The largest absolute Gasteiger partial charge is 0.494 e. The van der Waals surface area contributed by atoms with Gasteiger partial charge in [0.25, 0.3) is 0 Å². The molecule has 5 rings (SSSR count). The van der Waals surface area contributed by atoms with Crippen LogP contribution in [-0.4, -0.2) is 43.7 Å². The van der Waals surface area contributed by atoms with Gasteiger partial charge in [-0.15, -0.1) is 0 Å². The minimum atomic E-state index is -3.12. The van der Waals surface area contributed by atoms with Crippen LogP contribution in [-0.2, 0) is 16.4 Å². The van der Waals surface area contributed by atoms with Crippen molar-refractivity contribution in [3.63, 3.8) is 0 Å². The molecule has 0 atom stereocenters. The second kappa shape index (κ2) is 10.1. The van der Waals surface area contributed by atoms with Gasteiger partial charge in [0.1, 0.15) is 17.4 Å². The number of halogens is 2. The highest BCUT2D eigenvalue weighted by Crippen LogP contribution is 2.43. The fraction of sp³-hybridized carbons (Fsp3) is 0.321. The number of benzene rings is 2. The van der Waals surface area contributed by atoms with Gasteiger partial charge in [-0.25, -0.2) is 21.5 Å². The van der Waals surface area contributed by atoms with Gasteiger partial charge in [0.15, 0.2) is 0 Å². The SMILES string of the molecule is CS(=O)(=O)N1CCC(CCOc2ccc3c(c2)CC(c2cccnc2)=C3c2cc(F)cc(F)c2)CC1. The van der Waals surface area contributed by atoms with Crippen molar-refractivity contribution in [2.24, 2.45) is 5.92 Å². The minimum absolute atomic E-state index is 0.436. The smallest absolute Gasteiger partial charge is 0.211 e. The van der Waals surface area contributed by atoms with Gasteiger partial charge in [-0.05, 0) is 95.3 Å². The van der Waals surface area contributed by atoms with Gasteiger partial charge >= 0.3 is 0 Å². The number of aromatic nitrogens is 1. The molecule has 0 N–H and O–H groups in total. The van der Waals surface area contributed by atoms with E-state index in [4.69, 9.17) is 4.74 Å². The van der Waals surface area contributed by atoms with E-state index in [0.29, 0.717) is 37.6 Å². The van der Waals surface area contributed by atoms with Crippen LogP contribution in [0.4, 0.5) is 8.78 Å². The molecule has 8 heteroatoms. The van der Waals surface area contributed by atoms with Crippen LogP contribution in [0.3, 0.4) is 0 Å². The third-order valence-electron chi connectivity index (χ3n) is 7.01. The molecular formula is C28H28F2N2O3S. The molecule has 1 fully saturated rings. The van der Waals surface area contributed by atoms with E-state index in [0.717, 1.165) is 58.9 Å². The second-order valence-electron chi connectivity index (χ2n) is 9.49. The topological polar surface area (TPSA) is 59.5 Å². The van der Waals surface area contributed by atoms with Crippen molar-refractivity contribution in [2.75, 3.05) is 26.0 Å². The van der Waals surface area contributed by atoms with E-state index in [1.54, 1.807) is 16.7 Å². The number of pyridine rings is 1. The molecule has 0 radical (unpaired) electrons. The summed E-state index contributed by atoms with van der Waals surface area (Å²) in [5.74, 6) is -0.0390. The molecule has 5 nitrogen and oxygen atoms in total. The number of rotatable bonds is 7. The van der Waals surface area contributed by atoms with Crippen molar-refractivity contribution in [1.82, 2.24) is 9.29 Å². The molecule has 1 aromatic heterocycles. The number of piperidine rings is 1. The van der Waals surface area contributed by atoms with Crippen LogP contribution in [0.1, 0.15) is 41.5 Å². The molecule has 188 valence electrons. The van der Waals surface area contributed by atoms with E-state index in [2.05, 4.69) is 4.98 Å². The lowest BCUT2D eigenvalue weighted by Crippen LogP contribution is -2.38. The predicted molar refractivity (Wildman–Crippen MR) is 136 cm³/mol. The Morgan fingerprint density at radius 1 is 1.03 bits per heavy atom. The zero-order valence-corrected chi connectivity index (χ0v) is 20.9. The van der Waals surface area contributed by atoms with E-state index < -0.39 is 21.7 Å².